The summed E-state index contributed by atoms with van der Waals surface area (Å²) in [5.41, 5.74) is 0.550. The summed E-state index contributed by atoms with van der Waals surface area (Å²) in [4.78, 5) is 21.4. The predicted molar refractivity (Wildman–Crippen MR) is 71.7 cm³/mol. The van der Waals surface area contributed by atoms with Crippen LogP contribution in [0.4, 0.5) is 0 Å². The average molecular weight is 309 g/mol. The number of nitrogens with one attached hydrogen (secondary N) is 2. The Bertz CT molecular complexity index is 769. The second-order valence-corrected chi connectivity index (χ2v) is 5.92. The Morgan fingerprint density at radius 3 is 2.91 bits per heavy atom. The molecule has 2 aliphatic rings. The number of aliphatic hydroxyl groups is 1. The molecule has 0 unspecified atom stereocenters. The van der Waals surface area contributed by atoms with Crippen molar-refractivity contribution >= 4 is 11.2 Å². The molecule has 0 radical (unpaired) electrons. The van der Waals surface area contributed by atoms with Crippen LogP contribution in [0, 0.1) is 0 Å². The summed E-state index contributed by atoms with van der Waals surface area (Å²) in [6.45, 7) is 3.47. The number of H-pyrrole nitrogens is 2. The predicted octanol–water partition coefficient (Wildman–Crippen LogP) is -1.05. The van der Waals surface area contributed by atoms with Crippen molar-refractivity contribution in [2.24, 2.45) is 0 Å². The first kappa shape index (κ1) is 13.8. The molecule has 0 amide bonds. The minimum atomic E-state index is -0.748. The number of aliphatic hydroxyl groups excluding tert-OH is 1. The van der Waals surface area contributed by atoms with Gasteiger partial charge in [0.2, 0.25) is 11.7 Å². The summed E-state index contributed by atoms with van der Waals surface area (Å²) in [6.07, 6.45) is 1.16. The third-order valence-electron chi connectivity index (χ3n) is 4.01. The summed E-state index contributed by atoms with van der Waals surface area (Å²) in [5, 5.41) is 9.51. The van der Waals surface area contributed by atoms with Gasteiger partial charge in [0.15, 0.2) is 18.4 Å². The normalized spacial score (nSPS) is 33.4. The van der Waals surface area contributed by atoms with Gasteiger partial charge in [-0.2, -0.15) is 0 Å². The topological polar surface area (TPSA) is 113 Å². The molecule has 3 N–H and O–H groups in total. The van der Waals surface area contributed by atoms with Gasteiger partial charge < -0.3 is 19.3 Å². The molecule has 0 aromatic carbocycles. The van der Waals surface area contributed by atoms with E-state index in [1.807, 2.05) is 13.8 Å². The van der Waals surface area contributed by atoms with E-state index >= 15 is 0 Å². The second kappa shape index (κ2) is 4.59. The monoisotopic (exact) mass is 309 g/mol. The number of nitrogens with zero attached hydrogens (tertiary/aromatic N) is 2. The van der Waals surface area contributed by atoms with Crippen LogP contribution in [-0.4, -0.2) is 50.8 Å². The lowest BCUT2D eigenvalue weighted by Crippen LogP contribution is -2.46. The molecule has 0 saturated carbocycles. The minimum absolute atomic E-state index is 0.173. The SMILES string of the molecule is CC1(C)O[C@@H]2[C@@H](O1)[C@@H]([n+]1c[nH]c3c(=O)[nH]cnc31)O[C@@H]2CO. The number of fused-ring (bicyclic) bond motifs is 2. The van der Waals surface area contributed by atoms with Crippen molar-refractivity contribution < 1.29 is 23.9 Å². The van der Waals surface area contributed by atoms with E-state index in [-0.39, 0.29) is 18.3 Å². The van der Waals surface area contributed by atoms with Crippen LogP contribution in [0.5, 0.6) is 0 Å². The minimum Gasteiger partial charge on any atom is -0.394 e. The van der Waals surface area contributed by atoms with Crippen LogP contribution in [0.3, 0.4) is 0 Å². The van der Waals surface area contributed by atoms with Crippen molar-refractivity contribution in [2.75, 3.05) is 6.61 Å². The summed E-state index contributed by atoms with van der Waals surface area (Å²) in [5.74, 6) is -0.748. The van der Waals surface area contributed by atoms with Crippen molar-refractivity contribution in [3.8, 4) is 0 Å². The number of rotatable bonds is 2. The molecule has 4 heterocycles. The van der Waals surface area contributed by atoms with Gasteiger partial charge in [0.1, 0.15) is 18.3 Å². The highest BCUT2D eigenvalue weighted by Crippen LogP contribution is 2.41. The molecule has 0 aliphatic carbocycles. The fourth-order valence-electron chi connectivity index (χ4n) is 3.14. The van der Waals surface area contributed by atoms with E-state index in [1.54, 1.807) is 10.9 Å². The van der Waals surface area contributed by atoms with Crippen LogP contribution in [0.2, 0.25) is 0 Å². The number of aromatic amines is 2. The largest absolute Gasteiger partial charge is 0.394 e. The zero-order chi connectivity index (χ0) is 15.5. The van der Waals surface area contributed by atoms with Crippen LogP contribution in [0.15, 0.2) is 17.4 Å². The van der Waals surface area contributed by atoms with Gasteiger partial charge in [0, 0.05) is 0 Å². The van der Waals surface area contributed by atoms with Gasteiger partial charge in [-0.15, -0.1) is 0 Å². The number of ether oxygens (including phenoxy) is 3. The van der Waals surface area contributed by atoms with Crippen LogP contribution < -0.4 is 10.1 Å². The standard InChI is InChI=1S/C13H16N4O5/c1-13(2)21-8-6(3-18)20-12(9(8)22-13)17-5-16-7-10(17)14-4-15-11(7)19/h4-6,8-9,12,18H,3H2,1-2H3,(H,14,15,19)/p+1/t6-,8+,9-,12+/m1/s1. The third-order valence-corrected chi connectivity index (χ3v) is 4.01. The Balaban J connectivity index is 1.78. The Morgan fingerprint density at radius 2 is 2.14 bits per heavy atom. The summed E-state index contributed by atoms with van der Waals surface area (Å²) in [7, 11) is 0. The van der Waals surface area contributed by atoms with Crippen molar-refractivity contribution in [2.45, 2.75) is 44.2 Å². The lowest BCUT2D eigenvalue weighted by molar-refractivity contribution is -0.745. The van der Waals surface area contributed by atoms with Crippen LogP contribution >= 0.6 is 0 Å². The number of hydrogen-bond donors (Lipinski definition) is 3. The summed E-state index contributed by atoms with van der Waals surface area (Å²) >= 11 is 0. The Kier molecular flexibility index (Phi) is 2.89. The zero-order valence-corrected chi connectivity index (χ0v) is 12.1. The highest BCUT2D eigenvalue weighted by atomic mass is 16.8. The molecule has 22 heavy (non-hydrogen) atoms. The molecule has 0 spiro atoms. The first-order chi connectivity index (χ1) is 10.5. The van der Waals surface area contributed by atoms with Gasteiger partial charge in [-0.1, -0.05) is 4.98 Å². The van der Waals surface area contributed by atoms with Gasteiger partial charge in [0.25, 0.3) is 5.56 Å². The van der Waals surface area contributed by atoms with Crippen molar-refractivity contribution in [1.29, 1.82) is 0 Å². The molecule has 4 atom stereocenters. The second-order valence-electron chi connectivity index (χ2n) is 5.92. The van der Waals surface area contributed by atoms with E-state index in [2.05, 4.69) is 15.0 Å². The number of aromatic nitrogens is 4. The van der Waals surface area contributed by atoms with Gasteiger partial charge >= 0.3 is 5.65 Å². The summed E-state index contributed by atoms with van der Waals surface area (Å²) < 4.78 is 19.3. The molecule has 9 heteroatoms. The lowest BCUT2D eigenvalue weighted by atomic mass is 10.1. The quantitative estimate of drug-likeness (QED) is 0.610. The van der Waals surface area contributed by atoms with E-state index in [0.29, 0.717) is 11.2 Å². The molecule has 2 fully saturated rings. The van der Waals surface area contributed by atoms with Gasteiger partial charge in [-0.25, -0.2) is 4.57 Å². The molecular formula is C13H17N4O5+. The maximum atomic E-state index is 11.8. The molecular weight excluding hydrogens is 292 g/mol. The van der Waals surface area contributed by atoms with Crippen molar-refractivity contribution in [3.05, 3.63) is 23.0 Å². The van der Waals surface area contributed by atoms with Crippen LogP contribution in [-0.2, 0) is 14.2 Å². The van der Waals surface area contributed by atoms with E-state index in [0.717, 1.165) is 0 Å². The zero-order valence-electron chi connectivity index (χ0n) is 12.1. The molecule has 118 valence electrons. The Hall–Kier alpha value is -1.81. The maximum absolute atomic E-state index is 11.8. The van der Waals surface area contributed by atoms with Gasteiger partial charge in [0.05, 0.1) is 6.61 Å². The van der Waals surface area contributed by atoms with E-state index in [4.69, 9.17) is 14.2 Å². The Morgan fingerprint density at radius 1 is 1.36 bits per heavy atom. The van der Waals surface area contributed by atoms with E-state index in [1.165, 1.54) is 6.33 Å². The van der Waals surface area contributed by atoms with Crippen molar-refractivity contribution in [1.82, 2.24) is 15.0 Å². The van der Waals surface area contributed by atoms with Crippen LogP contribution in [0.25, 0.3) is 11.2 Å². The lowest BCUT2D eigenvalue weighted by Gasteiger charge is -2.22. The molecule has 2 aromatic rings. The fraction of sp³-hybridized carbons (Fsp3) is 0.615. The first-order valence-electron chi connectivity index (χ1n) is 7.08. The number of imidazole rings is 1. The molecule has 2 aromatic heterocycles. The maximum Gasteiger partial charge on any atom is 0.311 e. The molecule has 2 aliphatic heterocycles. The highest BCUT2D eigenvalue weighted by molar-refractivity contribution is 5.63. The molecule has 0 bridgehead atoms. The fourth-order valence-corrected chi connectivity index (χ4v) is 3.14. The van der Waals surface area contributed by atoms with E-state index in [9.17, 15) is 9.90 Å². The van der Waals surface area contributed by atoms with E-state index < -0.39 is 24.2 Å². The van der Waals surface area contributed by atoms with Gasteiger partial charge in [-0.3, -0.25) is 14.8 Å². The highest BCUT2D eigenvalue weighted by Gasteiger charge is 2.57. The first-order valence-corrected chi connectivity index (χ1v) is 7.08. The summed E-state index contributed by atoms with van der Waals surface area (Å²) in [6, 6.07) is 0. The number of hydrogen-bond acceptors (Lipinski definition) is 6. The van der Waals surface area contributed by atoms with Gasteiger partial charge in [-0.05, 0) is 13.8 Å². The average Bonchev–Trinajstić information content (AvgIpc) is 3.10. The van der Waals surface area contributed by atoms with Crippen LogP contribution in [0.1, 0.15) is 20.1 Å². The molecule has 4 rings (SSSR count). The molecule has 9 nitrogen and oxygen atoms in total. The molecule has 2 saturated heterocycles. The third kappa shape index (κ3) is 1.90. The Labute approximate surface area is 124 Å². The smallest absolute Gasteiger partial charge is 0.311 e. The van der Waals surface area contributed by atoms with Crippen molar-refractivity contribution in [3.63, 3.8) is 0 Å².